The third-order valence-electron chi connectivity index (χ3n) is 10.6. The number of para-hydroxylation sites is 3. The molecule has 0 amide bonds. The van der Waals surface area contributed by atoms with Gasteiger partial charge in [-0.3, -0.25) is 0 Å². The summed E-state index contributed by atoms with van der Waals surface area (Å²) in [5.41, 5.74) is 15.5. The second kappa shape index (κ2) is 11.0. The quantitative estimate of drug-likeness (QED) is 0.186. The summed E-state index contributed by atoms with van der Waals surface area (Å²) >= 11 is 0. The predicted molar refractivity (Wildman–Crippen MR) is 203 cm³/mol. The summed E-state index contributed by atoms with van der Waals surface area (Å²) in [5.74, 6) is 0.353. The van der Waals surface area contributed by atoms with E-state index >= 15 is 0 Å². The molecule has 1 unspecified atom stereocenters. The molecule has 7 aromatic rings. The summed E-state index contributed by atoms with van der Waals surface area (Å²) < 4.78 is 2.39. The smallest absolute Gasteiger partial charge is 0.0541 e. The molecule has 0 saturated carbocycles. The standard InChI is InChI=1S/C46H38N2/c1-31-28-35(47(33-14-6-4-7-15-33)36-24-26-39-38-18-10-12-20-42(38)46(2,3)43(39)30-36)23-25-37(31)32-22-27-45-41(29-32)40-19-11-13-21-44(40)48(45)34-16-8-5-9-17-34/h4-27,29-31H,28H2,1-3H3. The van der Waals surface area contributed by atoms with Gasteiger partial charge in [-0.2, -0.15) is 0 Å². The molecule has 0 aliphatic heterocycles. The Hall–Kier alpha value is -5.60. The van der Waals surface area contributed by atoms with E-state index in [1.807, 2.05) is 0 Å². The van der Waals surface area contributed by atoms with Crippen LogP contribution in [0.5, 0.6) is 0 Å². The number of hydrogen-bond acceptors (Lipinski definition) is 1. The first-order valence-corrected chi connectivity index (χ1v) is 17.1. The summed E-state index contributed by atoms with van der Waals surface area (Å²) in [7, 11) is 0. The molecule has 2 heteroatoms. The summed E-state index contributed by atoms with van der Waals surface area (Å²) in [6.45, 7) is 7.10. The number of allylic oxidation sites excluding steroid dienone is 4. The van der Waals surface area contributed by atoms with Crippen molar-refractivity contribution in [1.29, 1.82) is 0 Å². The van der Waals surface area contributed by atoms with Crippen LogP contribution in [0.25, 0.3) is 44.2 Å². The first kappa shape index (κ1) is 28.6. The van der Waals surface area contributed by atoms with Crippen LogP contribution in [0.2, 0.25) is 0 Å². The van der Waals surface area contributed by atoms with Crippen LogP contribution in [0.4, 0.5) is 11.4 Å². The molecule has 232 valence electrons. The van der Waals surface area contributed by atoms with Gasteiger partial charge in [-0.15, -0.1) is 0 Å². The molecule has 1 aromatic heterocycles. The molecule has 2 nitrogen and oxygen atoms in total. The lowest BCUT2D eigenvalue weighted by molar-refractivity contribution is 0.660. The number of hydrogen-bond donors (Lipinski definition) is 0. The lowest BCUT2D eigenvalue weighted by Crippen LogP contribution is -2.21. The van der Waals surface area contributed by atoms with E-state index in [1.165, 1.54) is 78.0 Å². The molecule has 2 aliphatic carbocycles. The lowest BCUT2D eigenvalue weighted by Gasteiger charge is -2.33. The second-order valence-corrected chi connectivity index (χ2v) is 13.9. The molecule has 48 heavy (non-hydrogen) atoms. The Morgan fingerprint density at radius 2 is 1.27 bits per heavy atom. The van der Waals surface area contributed by atoms with E-state index in [0.717, 1.165) is 6.42 Å². The van der Waals surface area contributed by atoms with Gasteiger partial charge in [-0.05, 0) is 106 Å². The van der Waals surface area contributed by atoms with Crippen LogP contribution in [0, 0.1) is 5.92 Å². The number of fused-ring (bicyclic) bond motifs is 6. The Morgan fingerprint density at radius 3 is 2.08 bits per heavy atom. The molecule has 0 bridgehead atoms. The van der Waals surface area contributed by atoms with Crippen molar-refractivity contribution >= 4 is 38.8 Å². The van der Waals surface area contributed by atoms with Gasteiger partial charge in [-0.25, -0.2) is 0 Å². The molecule has 2 aliphatic rings. The summed E-state index contributed by atoms with van der Waals surface area (Å²) in [6.07, 6.45) is 5.67. The van der Waals surface area contributed by atoms with Gasteiger partial charge in [0.05, 0.1) is 11.0 Å². The maximum absolute atomic E-state index is 2.47. The van der Waals surface area contributed by atoms with Crippen molar-refractivity contribution in [2.75, 3.05) is 4.90 Å². The predicted octanol–water partition coefficient (Wildman–Crippen LogP) is 12.2. The average Bonchev–Trinajstić information content (AvgIpc) is 3.57. The SMILES string of the molecule is CC1CC(N(c2ccccc2)c2ccc3c(c2)C(C)(C)c2ccccc2-3)=CC=C1c1ccc2c(c1)c1ccccc1n2-c1ccccc1. The molecule has 1 heterocycles. The van der Waals surface area contributed by atoms with Gasteiger partial charge in [0.25, 0.3) is 0 Å². The van der Waals surface area contributed by atoms with Crippen molar-refractivity contribution in [2.45, 2.75) is 32.6 Å². The van der Waals surface area contributed by atoms with E-state index in [4.69, 9.17) is 0 Å². The zero-order chi connectivity index (χ0) is 32.4. The molecular formula is C46H38N2. The fraction of sp³-hybridized carbons (Fsp3) is 0.130. The second-order valence-electron chi connectivity index (χ2n) is 13.9. The van der Waals surface area contributed by atoms with Gasteiger partial charge in [0, 0.05) is 38.9 Å². The van der Waals surface area contributed by atoms with Gasteiger partial charge in [0.15, 0.2) is 0 Å². The Bertz CT molecular complexity index is 2410. The first-order chi connectivity index (χ1) is 23.5. The number of anilines is 2. The minimum Gasteiger partial charge on any atom is -0.314 e. The molecule has 0 spiro atoms. The molecule has 0 fully saturated rings. The third-order valence-corrected chi connectivity index (χ3v) is 10.6. The van der Waals surface area contributed by atoms with Gasteiger partial charge < -0.3 is 9.47 Å². The highest BCUT2D eigenvalue weighted by molar-refractivity contribution is 6.10. The molecule has 1 atom stereocenters. The minimum absolute atomic E-state index is 0.0477. The van der Waals surface area contributed by atoms with Gasteiger partial charge >= 0.3 is 0 Å². The number of benzene rings is 6. The summed E-state index contributed by atoms with van der Waals surface area (Å²) in [5, 5.41) is 2.58. The third kappa shape index (κ3) is 4.40. The number of rotatable bonds is 5. The van der Waals surface area contributed by atoms with Crippen LogP contribution in [-0.2, 0) is 5.41 Å². The van der Waals surface area contributed by atoms with Crippen molar-refractivity contribution in [3.8, 4) is 16.8 Å². The van der Waals surface area contributed by atoms with Crippen LogP contribution in [0.15, 0.2) is 163 Å². The van der Waals surface area contributed by atoms with Crippen molar-refractivity contribution in [3.63, 3.8) is 0 Å². The fourth-order valence-corrected chi connectivity index (χ4v) is 8.29. The minimum atomic E-state index is -0.0477. The van der Waals surface area contributed by atoms with E-state index < -0.39 is 0 Å². The molecular weight excluding hydrogens is 581 g/mol. The van der Waals surface area contributed by atoms with Gasteiger partial charge in [0.2, 0.25) is 0 Å². The zero-order valence-corrected chi connectivity index (χ0v) is 27.7. The van der Waals surface area contributed by atoms with Crippen molar-refractivity contribution in [2.24, 2.45) is 5.92 Å². The first-order valence-electron chi connectivity index (χ1n) is 17.1. The highest BCUT2D eigenvalue weighted by Gasteiger charge is 2.36. The van der Waals surface area contributed by atoms with E-state index in [-0.39, 0.29) is 5.41 Å². The van der Waals surface area contributed by atoms with Crippen LogP contribution >= 0.6 is 0 Å². The molecule has 0 radical (unpaired) electrons. The van der Waals surface area contributed by atoms with Crippen molar-refractivity contribution < 1.29 is 0 Å². The molecule has 9 rings (SSSR count). The number of aromatic nitrogens is 1. The summed E-state index contributed by atoms with van der Waals surface area (Å²) in [6, 6.07) is 53.3. The molecule has 6 aromatic carbocycles. The normalized spacial score (nSPS) is 16.4. The Kier molecular flexibility index (Phi) is 6.55. The largest absolute Gasteiger partial charge is 0.314 e. The van der Waals surface area contributed by atoms with Crippen molar-refractivity contribution in [3.05, 3.63) is 180 Å². The van der Waals surface area contributed by atoms with Crippen molar-refractivity contribution in [1.82, 2.24) is 4.57 Å². The van der Waals surface area contributed by atoms with Crippen LogP contribution < -0.4 is 4.90 Å². The van der Waals surface area contributed by atoms with Crippen LogP contribution in [-0.4, -0.2) is 4.57 Å². The van der Waals surface area contributed by atoms with E-state index in [0.29, 0.717) is 5.92 Å². The molecule has 0 saturated heterocycles. The average molecular weight is 619 g/mol. The monoisotopic (exact) mass is 618 g/mol. The van der Waals surface area contributed by atoms with Gasteiger partial charge in [0.1, 0.15) is 0 Å². The highest BCUT2D eigenvalue weighted by Crippen LogP contribution is 2.50. The van der Waals surface area contributed by atoms with E-state index in [1.54, 1.807) is 0 Å². The van der Waals surface area contributed by atoms with Crippen LogP contribution in [0.3, 0.4) is 0 Å². The van der Waals surface area contributed by atoms with Crippen LogP contribution in [0.1, 0.15) is 43.9 Å². The fourth-order valence-electron chi connectivity index (χ4n) is 8.29. The number of nitrogens with zero attached hydrogens (tertiary/aromatic N) is 2. The highest BCUT2D eigenvalue weighted by atomic mass is 15.1. The Balaban J connectivity index is 1.14. The van der Waals surface area contributed by atoms with E-state index in [9.17, 15) is 0 Å². The Morgan fingerprint density at radius 1 is 0.583 bits per heavy atom. The maximum Gasteiger partial charge on any atom is 0.0541 e. The topological polar surface area (TPSA) is 8.17 Å². The Labute approximate surface area is 282 Å². The summed E-state index contributed by atoms with van der Waals surface area (Å²) in [4.78, 5) is 2.47. The maximum atomic E-state index is 2.47. The van der Waals surface area contributed by atoms with E-state index in [2.05, 4.69) is 188 Å². The lowest BCUT2D eigenvalue weighted by atomic mass is 9.82. The zero-order valence-electron chi connectivity index (χ0n) is 27.7. The molecule has 0 N–H and O–H groups in total. The van der Waals surface area contributed by atoms with Gasteiger partial charge in [-0.1, -0.05) is 118 Å².